The van der Waals surface area contributed by atoms with Crippen molar-refractivity contribution in [3.8, 4) is 0 Å². The van der Waals surface area contributed by atoms with Crippen molar-refractivity contribution in [1.82, 2.24) is 9.97 Å². The second-order valence-electron chi connectivity index (χ2n) is 5.22. The van der Waals surface area contributed by atoms with Gasteiger partial charge in [-0.15, -0.1) is 0 Å². The van der Waals surface area contributed by atoms with Gasteiger partial charge in [0.1, 0.15) is 17.4 Å². The molecule has 0 aliphatic rings. The Balaban J connectivity index is 3.40. The van der Waals surface area contributed by atoms with E-state index in [1.54, 1.807) is 7.05 Å². The molecule has 1 rings (SSSR count). The molecule has 0 radical (unpaired) electrons. The van der Waals surface area contributed by atoms with E-state index in [9.17, 15) is 8.42 Å². The van der Waals surface area contributed by atoms with E-state index in [0.29, 0.717) is 11.6 Å². The summed E-state index contributed by atoms with van der Waals surface area (Å²) in [6.07, 6.45) is 1.18. The Kier molecular flexibility index (Phi) is 4.58. The van der Waals surface area contributed by atoms with E-state index in [0.717, 1.165) is 9.26 Å². The van der Waals surface area contributed by atoms with Crippen LogP contribution in [-0.2, 0) is 21.0 Å². The van der Waals surface area contributed by atoms with Gasteiger partial charge in [0.25, 0.3) is 0 Å². The molecule has 7 heteroatoms. The Morgan fingerprint density at radius 3 is 2.22 bits per heavy atom. The van der Waals surface area contributed by atoms with Gasteiger partial charge in [0.15, 0.2) is 9.84 Å². The van der Waals surface area contributed by atoms with E-state index < -0.39 is 9.84 Å². The number of hydrogen-bond donors (Lipinski definition) is 1. The summed E-state index contributed by atoms with van der Waals surface area (Å²) in [6.45, 7) is 6.13. The van der Waals surface area contributed by atoms with Gasteiger partial charge in [-0.2, -0.15) is 0 Å². The normalized spacial score (nSPS) is 12.6. The number of anilines is 1. The molecule has 102 valence electrons. The van der Waals surface area contributed by atoms with Crippen LogP contribution in [0.3, 0.4) is 0 Å². The summed E-state index contributed by atoms with van der Waals surface area (Å²) in [7, 11) is -1.37. The summed E-state index contributed by atoms with van der Waals surface area (Å²) in [6, 6.07) is 0. The lowest BCUT2D eigenvalue weighted by molar-refractivity contribution is 0.558. The van der Waals surface area contributed by atoms with E-state index in [-0.39, 0.29) is 11.2 Å². The summed E-state index contributed by atoms with van der Waals surface area (Å²) in [4.78, 5) is 8.64. The second kappa shape index (κ2) is 5.28. The zero-order chi connectivity index (χ0) is 14.1. The maximum Gasteiger partial charge on any atom is 0.154 e. The third-order valence-corrected chi connectivity index (χ3v) is 4.04. The molecule has 1 aromatic heterocycles. The summed E-state index contributed by atoms with van der Waals surface area (Å²) >= 11 is 2.18. The molecule has 18 heavy (non-hydrogen) atoms. The summed E-state index contributed by atoms with van der Waals surface area (Å²) in [5.41, 5.74) is 0.707. The second-order valence-corrected chi connectivity index (χ2v) is 8.44. The quantitative estimate of drug-likeness (QED) is 0.809. The Bertz CT molecular complexity index is 550. The van der Waals surface area contributed by atoms with Crippen LogP contribution in [0.15, 0.2) is 0 Å². The van der Waals surface area contributed by atoms with Crippen LogP contribution < -0.4 is 5.32 Å². The number of hydrogen-bond acceptors (Lipinski definition) is 5. The number of sulfone groups is 1. The predicted molar refractivity (Wildman–Crippen MR) is 81.5 cm³/mol. The highest BCUT2D eigenvalue weighted by Crippen LogP contribution is 2.29. The molecular formula is C11H18IN3O2S. The van der Waals surface area contributed by atoms with Crippen molar-refractivity contribution < 1.29 is 8.42 Å². The average Bonchev–Trinajstić information content (AvgIpc) is 2.16. The number of nitrogens with zero attached hydrogens (tertiary/aromatic N) is 2. The zero-order valence-electron chi connectivity index (χ0n) is 11.2. The molecule has 0 aliphatic carbocycles. The molecular weight excluding hydrogens is 365 g/mol. The lowest BCUT2D eigenvalue weighted by atomic mass is 9.92. The minimum absolute atomic E-state index is 0.137. The number of halogens is 1. The SMILES string of the molecule is CNc1nc(CS(C)(=O)=O)nc(C(C)(C)C)c1I. The van der Waals surface area contributed by atoms with Crippen LogP contribution in [0.1, 0.15) is 32.3 Å². The molecule has 5 nitrogen and oxygen atoms in total. The van der Waals surface area contributed by atoms with E-state index >= 15 is 0 Å². The monoisotopic (exact) mass is 383 g/mol. The molecule has 0 amide bonds. The third-order valence-electron chi connectivity index (χ3n) is 2.24. The minimum Gasteiger partial charge on any atom is -0.372 e. The van der Waals surface area contributed by atoms with Crippen LogP contribution in [0.2, 0.25) is 0 Å². The molecule has 1 aromatic rings. The van der Waals surface area contributed by atoms with Crippen molar-refractivity contribution in [3.05, 3.63) is 15.1 Å². The Labute approximate surface area is 122 Å². The van der Waals surface area contributed by atoms with Gasteiger partial charge in [0.2, 0.25) is 0 Å². The molecule has 0 aromatic carbocycles. The lowest BCUT2D eigenvalue weighted by Crippen LogP contribution is -2.20. The summed E-state index contributed by atoms with van der Waals surface area (Å²) in [5.74, 6) is 0.878. The molecule has 0 unspecified atom stereocenters. The molecule has 0 spiro atoms. The molecule has 0 fully saturated rings. The molecule has 0 saturated heterocycles. The van der Waals surface area contributed by atoms with Crippen molar-refractivity contribution in [2.24, 2.45) is 0 Å². The first-order valence-corrected chi connectivity index (χ1v) is 8.61. The Morgan fingerprint density at radius 1 is 1.28 bits per heavy atom. The van der Waals surface area contributed by atoms with Crippen LogP contribution in [0.5, 0.6) is 0 Å². The van der Waals surface area contributed by atoms with Crippen LogP contribution >= 0.6 is 22.6 Å². The van der Waals surface area contributed by atoms with Gasteiger partial charge in [-0.1, -0.05) is 20.8 Å². The van der Waals surface area contributed by atoms with Gasteiger partial charge in [0.05, 0.1) is 9.26 Å². The molecule has 0 saturated carbocycles. The van der Waals surface area contributed by atoms with Gasteiger partial charge in [-0.3, -0.25) is 0 Å². The van der Waals surface area contributed by atoms with E-state index in [1.807, 2.05) is 20.8 Å². The van der Waals surface area contributed by atoms with Crippen molar-refractivity contribution >= 4 is 38.2 Å². The fourth-order valence-corrected chi connectivity index (χ4v) is 3.37. The van der Waals surface area contributed by atoms with Gasteiger partial charge in [0, 0.05) is 18.7 Å². The highest BCUT2D eigenvalue weighted by atomic mass is 127. The molecule has 0 aliphatic heterocycles. The number of rotatable bonds is 3. The first kappa shape index (κ1) is 15.6. The summed E-state index contributed by atoms with van der Waals surface area (Å²) in [5, 5.41) is 2.98. The third kappa shape index (κ3) is 4.04. The van der Waals surface area contributed by atoms with Crippen molar-refractivity contribution in [3.63, 3.8) is 0 Å². The average molecular weight is 383 g/mol. The van der Waals surface area contributed by atoms with Crippen molar-refractivity contribution in [2.45, 2.75) is 31.9 Å². The van der Waals surface area contributed by atoms with Crippen molar-refractivity contribution in [2.75, 3.05) is 18.6 Å². The smallest absolute Gasteiger partial charge is 0.154 e. The van der Waals surface area contributed by atoms with E-state index in [2.05, 4.69) is 37.9 Å². The first-order chi connectivity index (χ1) is 8.04. The van der Waals surface area contributed by atoms with Crippen LogP contribution in [0, 0.1) is 3.57 Å². The number of nitrogens with one attached hydrogen (secondary N) is 1. The molecule has 0 atom stereocenters. The van der Waals surface area contributed by atoms with E-state index in [4.69, 9.17) is 0 Å². The fourth-order valence-electron chi connectivity index (χ4n) is 1.46. The van der Waals surface area contributed by atoms with Gasteiger partial charge in [-0.05, 0) is 22.6 Å². The Morgan fingerprint density at radius 2 is 1.83 bits per heavy atom. The van der Waals surface area contributed by atoms with Gasteiger partial charge in [-0.25, -0.2) is 18.4 Å². The minimum atomic E-state index is -3.13. The van der Waals surface area contributed by atoms with Crippen molar-refractivity contribution in [1.29, 1.82) is 0 Å². The van der Waals surface area contributed by atoms with Gasteiger partial charge >= 0.3 is 0 Å². The largest absolute Gasteiger partial charge is 0.372 e. The topological polar surface area (TPSA) is 72.0 Å². The summed E-state index contributed by atoms with van der Waals surface area (Å²) < 4.78 is 23.6. The van der Waals surface area contributed by atoms with Crippen LogP contribution in [0.4, 0.5) is 5.82 Å². The van der Waals surface area contributed by atoms with E-state index in [1.165, 1.54) is 6.26 Å². The standard InChI is InChI=1S/C11H18IN3O2S/c1-11(2,3)9-8(12)10(13-4)15-7(14-9)6-18(5,16)17/h6H2,1-5H3,(H,13,14,15). The lowest BCUT2D eigenvalue weighted by Gasteiger charge is -2.21. The van der Waals surface area contributed by atoms with Gasteiger partial charge < -0.3 is 5.32 Å². The van der Waals surface area contributed by atoms with Crippen LogP contribution in [-0.4, -0.2) is 31.7 Å². The maximum absolute atomic E-state index is 11.3. The Hall–Kier alpha value is -0.440. The fraction of sp³-hybridized carbons (Fsp3) is 0.636. The highest BCUT2D eigenvalue weighted by molar-refractivity contribution is 14.1. The molecule has 1 heterocycles. The predicted octanol–water partition coefficient (Wildman–Crippen LogP) is 1.97. The maximum atomic E-state index is 11.3. The molecule has 0 bridgehead atoms. The zero-order valence-corrected chi connectivity index (χ0v) is 14.2. The highest BCUT2D eigenvalue weighted by Gasteiger charge is 2.23. The molecule has 1 N–H and O–H groups in total. The van der Waals surface area contributed by atoms with Crippen LogP contribution in [0.25, 0.3) is 0 Å². The first-order valence-electron chi connectivity index (χ1n) is 5.47. The number of aromatic nitrogens is 2.